The molecule has 1 aromatic rings. The summed E-state index contributed by atoms with van der Waals surface area (Å²) in [6.07, 6.45) is 3.69. The second-order valence-electron chi connectivity index (χ2n) is 8.85. The molecule has 0 aliphatic carbocycles. The number of hydrogen-bond donors (Lipinski definition) is 1. The van der Waals surface area contributed by atoms with Crippen LogP contribution in [0.15, 0.2) is 35.1 Å². The van der Waals surface area contributed by atoms with E-state index in [4.69, 9.17) is 10.00 Å². The third kappa shape index (κ3) is 7.08. The zero-order valence-corrected chi connectivity index (χ0v) is 19.0. The first kappa shape index (κ1) is 24.9. The second kappa shape index (κ2) is 11.3. The number of carbonyl (C=O) groups is 2. The Bertz CT molecular complexity index is 917. The van der Waals surface area contributed by atoms with Gasteiger partial charge in [0.1, 0.15) is 24.3 Å². The van der Waals surface area contributed by atoms with Gasteiger partial charge >= 0.3 is 0 Å². The van der Waals surface area contributed by atoms with Gasteiger partial charge in [-0.2, -0.15) is 10.3 Å². The maximum Gasteiger partial charge on any atom is 0.236 e. The van der Waals surface area contributed by atoms with E-state index >= 15 is 0 Å². The van der Waals surface area contributed by atoms with Crippen LogP contribution in [0.1, 0.15) is 38.3 Å². The number of benzene rings is 1. The predicted molar refractivity (Wildman–Crippen MR) is 119 cm³/mol. The maximum atomic E-state index is 13.5. The van der Waals surface area contributed by atoms with Crippen LogP contribution in [0.3, 0.4) is 0 Å². The van der Waals surface area contributed by atoms with Gasteiger partial charge in [-0.15, -0.1) is 0 Å². The lowest BCUT2D eigenvalue weighted by atomic mass is 9.88. The lowest BCUT2D eigenvalue weighted by Crippen LogP contribution is -2.38. The number of nitriles is 1. The molecule has 1 unspecified atom stereocenters. The molecule has 9 heteroatoms. The molecule has 1 atom stereocenters. The van der Waals surface area contributed by atoms with Crippen molar-refractivity contribution in [2.45, 2.75) is 39.8 Å². The van der Waals surface area contributed by atoms with Crippen LogP contribution in [-0.2, 0) is 20.9 Å². The summed E-state index contributed by atoms with van der Waals surface area (Å²) >= 11 is 0. The van der Waals surface area contributed by atoms with Gasteiger partial charge in [0.2, 0.25) is 18.7 Å². The molecule has 32 heavy (non-hydrogen) atoms. The zero-order chi connectivity index (χ0) is 23.7. The van der Waals surface area contributed by atoms with Crippen molar-refractivity contribution in [2.75, 3.05) is 26.7 Å². The Kier molecular flexibility index (Phi) is 8.76. The van der Waals surface area contributed by atoms with Crippen molar-refractivity contribution in [3.8, 4) is 6.07 Å². The molecule has 1 aliphatic rings. The smallest absolute Gasteiger partial charge is 0.236 e. The van der Waals surface area contributed by atoms with Crippen molar-refractivity contribution in [2.24, 2.45) is 10.4 Å². The van der Waals surface area contributed by atoms with Crippen molar-refractivity contribution in [3.05, 3.63) is 47.0 Å². The molecule has 2 rings (SSSR count). The summed E-state index contributed by atoms with van der Waals surface area (Å²) in [7, 11) is 1.95. The number of halogens is 1. The number of likely N-dealkylation sites (N-methyl/N-ethyl adjacent to an activating group) is 1. The highest BCUT2D eigenvalue weighted by molar-refractivity contribution is 5.92. The van der Waals surface area contributed by atoms with E-state index in [1.807, 2.05) is 7.05 Å². The Morgan fingerprint density at radius 1 is 1.41 bits per heavy atom. The van der Waals surface area contributed by atoms with Crippen molar-refractivity contribution in [3.63, 3.8) is 0 Å². The highest BCUT2D eigenvalue weighted by Gasteiger charge is 2.34. The normalized spacial score (nSPS) is 17.9. The van der Waals surface area contributed by atoms with Gasteiger partial charge in [0.05, 0.1) is 5.56 Å². The summed E-state index contributed by atoms with van der Waals surface area (Å²) < 4.78 is 19.3. The molecule has 1 fully saturated rings. The van der Waals surface area contributed by atoms with Gasteiger partial charge in [0.15, 0.2) is 0 Å². The minimum Gasteiger partial charge on any atom is -0.473 e. The Morgan fingerprint density at radius 2 is 2.16 bits per heavy atom. The SMILES string of the molecule is CN1CC(CC(C)(C)C)N(CCNC=O)/C1=C/C(=N\C=O)OCc1ccc(F)c(C#N)c1. The monoisotopic (exact) mass is 443 g/mol. The van der Waals surface area contributed by atoms with E-state index < -0.39 is 5.82 Å². The maximum absolute atomic E-state index is 13.5. The topological polar surface area (TPSA) is 98.0 Å². The second-order valence-corrected chi connectivity index (χ2v) is 8.85. The summed E-state index contributed by atoms with van der Waals surface area (Å²) in [4.78, 5) is 29.9. The fourth-order valence-electron chi connectivity index (χ4n) is 3.71. The van der Waals surface area contributed by atoms with E-state index in [1.165, 1.54) is 18.2 Å². The van der Waals surface area contributed by atoms with E-state index in [-0.39, 0.29) is 29.5 Å². The van der Waals surface area contributed by atoms with Gasteiger partial charge in [0, 0.05) is 38.8 Å². The molecule has 1 saturated heterocycles. The van der Waals surface area contributed by atoms with Crippen LogP contribution < -0.4 is 5.32 Å². The number of carbonyl (C=O) groups excluding carboxylic acids is 2. The minimum atomic E-state index is -0.600. The zero-order valence-electron chi connectivity index (χ0n) is 19.0. The number of ether oxygens (including phenoxy) is 1. The largest absolute Gasteiger partial charge is 0.473 e. The quantitative estimate of drug-likeness (QED) is 0.272. The summed E-state index contributed by atoms with van der Waals surface area (Å²) in [5, 5.41) is 11.7. The molecule has 0 radical (unpaired) electrons. The Morgan fingerprint density at radius 3 is 2.78 bits per heavy atom. The molecule has 2 amide bonds. The van der Waals surface area contributed by atoms with Crippen molar-refractivity contribution in [1.29, 1.82) is 5.26 Å². The van der Waals surface area contributed by atoms with Crippen molar-refractivity contribution < 1.29 is 18.7 Å². The van der Waals surface area contributed by atoms with Crippen LogP contribution in [-0.4, -0.2) is 61.2 Å². The third-order valence-corrected chi connectivity index (χ3v) is 5.01. The van der Waals surface area contributed by atoms with Crippen LogP contribution in [0.5, 0.6) is 0 Å². The van der Waals surface area contributed by atoms with Crippen molar-refractivity contribution >= 4 is 18.7 Å². The Balaban J connectivity index is 2.25. The van der Waals surface area contributed by atoms with Crippen LogP contribution in [0.4, 0.5) is 4.39 Å². The molecule has 1 N–H and O–H groups in total. The predicted octanol–water partition coefficient (Wildman–Crippen LogP) is 2.41. The van der Waals surface area contributed by atoms with Crippen molar-refractivity contribution in [1.82, 2.24) is 15.1 Å². The molecule has 1 heterocycles. The van der Waals surface area contributed by atoms with Gasteiger partial charge in [-0.25, -0.2) is 4.39 Å². The van der Waals surface area contributed by atoms with E-state index in [9.17, 15) is 14.0 Å². The fraction of sp³-hybridized carbons (Fsp3) is 0.478. The third-order valence-electron chi connectivity index (χ3n) is 5.01. The number of nitrogens with one attached hydrogen (secondary N) is 1. The van der Waals surface area contributed by atoms with Gasteiger partial charge < -0.3 is 19.9 Å². The molecule has 172 valence electrons. The average molecular weight is 444 g/mol. The van der Waals surface area contributed by atoms with Gasteiger partial charge in [0.25, 0.3) is 0 Å². The van der Waals surface area contributed by atoms with E-state index in [1.54, 1.807) is 12.1 Å². The summed E-state index contributed by atoms with van der Waals surface area (Å²) in [6.45, 7) is 8.40. The van der Waals surface area contributed by atoms with Crippen LogP contribution >= 0.6 is 0 Å². The molecule has 1 aromatic carbocycles. The summed E-state index contributed by atoms with van der Waals surface area (Å²) in [5.74, 6) is 0.330. The lowest BCUT2D eigenvalue weighted by molar-refractivity contribution is -0.109. The van der Waals surface area contributed by atoms with Crippen LogP contribution in [0, 0.1) is 22.6 Å². The number of rotatable bonds is 9. The molecule has 1 aliphatic heterocycles. The standard InChI is InChI=1S/C23H30FN5O3/c1-23(2,3)11-19-13-28(4)22(29(19)8-7-26-15-30)10-21(27-16-31)32-14-17-5-6-20(24)18(9-17)12-25/h5-6,9-10,15-16,19H,7-8,11,13-14H2,1-4H3,(H,26,30)/b22-10+,27-21+. The summed E-state index contributed by atoms with van der Waals surface area (Å²) in [6, 6.07) is 6.13. The number of aliphatic imine (C=N–C) groups is 1. The first-order valence-electron chi connectivity index (χ1n) is 10.4. The Labute approximate surface area is 188 Å². The first-order chi connectivity index (χ1) is 15.2. The van der Waals surface area contributed by atoms with E-state index in [0.717, 1.165) is 18.8 Å². The first-order valence-corrected chi connectivity index (χ1v) is 10.4. The van der Waals surface area contributed by atoms with Gasteiger partial charge in [-0.05, 0) is 29.5 Å². The molecular formula is C23H30FN5O3. The van der Waals surface area contributed by atoms with Crippen LogP contribution in [0.25, 0.3) is 0 Å². The molecule has 0 saturated carbocycles. The average Bonchev–Trinajstić information content (AvgIpc) is 3.00. The van der Waals surface area contributed by atoms with E-state index in [0.29, 0.717) is 31.5 Å². The van der Waals surface area contributed by atoms with Gasteiger partial charge in [-0.1, -0.05) is 26.8 Å². The number of nitrogens with zero attached hydrogens (tertiary/aromatic N) is 4. The minimum absolute atomic E-state index is 0.0211. The highest BCUT2D eigenvalue weighted by Crippen LogP contribution is 2.31. The fourth-order valence-corrected chi connectivity index (χ4v) is 3.71. The molecule has 8 nitrogen and oxygen atoms in total. The molecule has 0 aromatic heterocycles. The highest BCUT2D eigenvalue weighted by atomic mass is 19.1. The number of amides is 2. The molecule has 0 spiro atoms. The van der Waals surface area contributed by atoms with Gasteiger partial charge in [-0.3, -0.25) is 9.59 Å². The lowest BCUT2D eigenvalue weighted by Gasteiger charge is -2.31. The Hall–Kier alpha value is -3.41. The van der Waals surface area contributed by atoms with Crippen LogP contribution in [0.2, 0.25) is 0 Å². The summed E-state index contributed by atoms with van der Waals surface area (Å²) in [5.41, 5.74) is 0.610. The molecular weight excluding hydrogens is 413 g/mol. The number of hydrogen-bond acceptors (Lipinski definition) is 6. The van der Waals surface area contributed by atoms with E-state index in [2.05, 4.69) is 40.9 Å². The molecule has 0 bridgehead atoms.